The number of aromatic nitrogens is 3. The van der Waals surface area contributed by atoms with Crippen LogP contribution in [-0.4, -0.2) is 19.6 Å². The van der Waals surface area contributed by atoms with Crippen molar-refractivity contribution in [1.29, 1.82) is 0 Å². The molecular weight excluding hydrogens is 875 g/mol. The first kappa shape index (κ1) is 42.3. The van der Waals surface area contributed by atoms with Crippen molar-refractivity contribution in [3.8, 4) is 89.7 Å². The minimum absolute atomic E-state index is 0.155. The molecule has 0 unspecified atom stereocenters. The first-order chi connectivity index (χ1) is 36.1. The summed E-state index contributed by atoms with van der Waals surface area (Å²) in [6, 6.07) is 76.7. The zero-order valence-electron chi connectivity index (χ0n) is 44.2. The fourth-order valence-electron chi connectivity index (χ4n) is 10.1. The number of phenols is 1. The van der Waals surface area contributed by atoms with E-state index in [9.17, 15) is 5.11 Å². The minimum Gasteiger partial charge on any atom is -0.507 e. The third-order valence-electron chi connectivity index (χ3n) is 14.2. The minimum atomic E-state index is -2.15. The molecule has 0 aliphatic heterocycles. The molecule has 0 fully saturated rings. The quantitative estimate of drug-likeness (QED) is 0.149. The van der Waals surface area contributed by atoms with Gasteiger partial charge in [0.2, 0.25) is 0 Å². The summed E-state index contributed by atoms with van der Waals surface area (Å²) in [6.07, 6.45) is 1.89. The Morgan fingerprint density at radius 2 is 0.958 bits per heavy atom. The first-order valence-corrected chi connectivity index (χ1v) is 24.6. The Morgan fingerprint density at radius 1 is 0.431 bits per heavy atom. The Bertz CT molecular complexity index is 3810. The highest BCUT2D eigenvalue weighted by Crippen LogP contribution is 2.46. The Labute approximate surface area is 427 Å². The summed E-state index contributed by atoms with van der Waals surface area (Å²) in [7, 11) is 0. The number of aryl methyl sites for hydroxylation is 1. The van der Waals surface area contributed by atoms with Gasteiger partial charge < -0.3 is 5.11 Å². The molecule has 350 valence electrons. The second-order valence-corrected chi connectivity index (χ2v) is 20.2. The van der Waals surface area contributed by atoms with E-state index in [-0.39, 0.29) is 16.6 Å². The van der Waals surface area contributed by atoms with Crippen LogP contribution < -0.4 is 0 Å². The lowest BCUT2D eigenvalue weighted by Gasteiger charge is -2.27. The van der Waals surface area contributed by atoms with E-state index in [4.69, 9.17) is 14.1 Å². The van der Waals surface area contributed by atoms with Crippen molar-refractivity contribution < 1.29 is 9.22 Å². The molecule has 0 aliphatic carbocycles. The molecule has 0 saturated heterocycles. The van der Waals surface area contributed by atoms with Gasteiger partial charge in [-0.3, -0.25) is 9.55 Å². The average Bonchev–Trinajstić information content (AvgIpc) is 3.83. The molecule has 0 spiro atoms. The molecule has 2 heterocycles. The zero-order valence-corrected chi connectivity index (χ0v) is 41.2. The third-order valence-corrected chi connectivity index (χ3v) is 14.2. The van der Waals surface area contributed by atoms with Crippen LogP contribution in [0.15, 0.2) is 231 Å². The predicted molar refractivity (Wildman–Crippen MR) is 301 cm³/mol. The molecule has 0 atom stereocenters. The van der Waals surface area contributed by atoms with Crippen LogP contribution in [0.5, 0.6) is 5.75 Å². The number of fused-ring (bicyclic) bond motifs is 1. The van der Waals surface area contributed by atoms with Gasteiger partial charge in [-0.2, -0.15) is 0 Å². The third kappa shape index (κ3) is 8.60. The summed E-state index contributed by atoms with van der Waals surface area (Å²) in [6.45, 7) is 8.92. The molecule has 2 aromatic heterocycles. The number of para-hydroxylation sites is 3. The first-order valence-electron chi connectivity index (χ1n) is 26.1. The Hall–Kier alpha value is -8.60. The fourth-order valence-corrected chi connectivity index (χ4v) is 10.1. The predicted octanol–water partition coefficient (Wildman–Crippen LogP) is 17.7. The van der Waals surface area contributed by atoms with E-state index >= 15 is 0 Å². The van der Waals surface area contributed by atoms with Gasteiger partial charge in [0.25, 0.3) is 0 Å². The van der Waals surface area contributed by atoms with E-state index in [0.29, 0.717) is 17.0 Å². The average molecular weight is 935 g/mol. The normalized spacial score (nSPS) is 12.6. The summed E-state index contributed by atoms with van der Waals surface area (Å²) in [5.41, 5.74) is 18.0. The highest BCUT2D eigenvalue weighted by Gasteiger charge is 2.27. The molecule has 11 rings (SSSR count). The van der Waals surface area contributed by atoms with Gasteiger partial charge in [-0.15, -0.1) is 0 Å². The number of nitrogens with zero attached hydrogens (tertiary/aromatic N) is 3. The van der Waals surface area contributed by atoms with Crippen LogP contribution in [0.4, 0.5) is 0 Å². The highest BCUT2D eigenvalue weighted by molar-refractivity contribution is 6.00. The topological polar surface area (TPSA) is 50.9 Å². The summed E-state index contributed by atoms with van der Waals surface area (Å²) in [5, 5.41) is 12.5. The van der Waals surface area contributed by atoms with Crippen molar-refractivity contribution in [2.24, 2.45) is 0 Å². The largest absolute Gasteiger partial charge is 0.507 e. The Morgan fingerprint density at radius 3 is 1.60 bits per heavy atom. The van der Waals surface area contributed by atoms with Gasteiger partial charge in [0.1, 0.15) is 11.6 Å². The van der Waals surface area contributed by atoms with Crippen molar-refractivity contribution in [3.63, 3.8) is 0 Å². The van der Waals surface area contributed by atoms with Gasteiger partial charge in [-0.25, -0.2) is 4.98 Å². The molecule has 0 saturated carbocycles. The van der Waals surface area contributed by atoms with E-state index in [1.807, 2.05) is 79.0 Å². The maximum atomic E-state index is 12.5. The number of phenolic OH excluding ortho intramolecular Hbond substituents is 1. The summed E-state index contributed by atoms with van der Waals surface area (Å²) in [5.74, 6) is 0.773. The van der Waals surface area contributed by atoms with Crippen LogP contribution in [0, 0.1) is 6.85 Å². The Kier molecular flexibility index (Phi) is 10.9. The lowest BCUT2D eigenvalue weighted by atomic mass is 9.77. The molecule has 0 amide bonds. The van der Waals surface area contributed by atoms with Gasteiger partial charge >= 0.3 is 0 Å². The maximum Gasteiger partial charge on any atom is 0.149 e. The van der Waals surface area contributed by atoms with E-state index < -0.39 is 6.85 Å². The van der Waals surface area contributed by atoms with Crippen molar-refractivity contribution >= 4 is 11.0 Å². The Balaban J connectivity index is 1.10. The van der Waals surface area contributed by atoms with E-state index in [0.717, 1.165) is 100 Å². The van der Waals surface area contributed by atoms with Gasteiger partial charge in [0, 0.05) is 43.5 Å². The van der Waals surface area contributed by atoms with Crippen molar-refractivity contribution in [2.75, 3.05) is 0 Å². The molecule has 11 aromatic rings. The molecule has 4 nitrogen and oxygen atoms in total. The van der Waals surface area contributed by atoms with Gasteiger partial charge in [-0.05, 0) is 98.7 Å². The number of imidazole rings is 1. The van der Waals surface area contributed by atoms with Crippen molar-refractivity contribution in [1.82, 2.24) is 14.5 Å². The number of rotatable bonds is 10. The molecule has 0 bridgehead atoms. The number of aromatic hydroxyl groups is 1. The van der Waals surface area contributed by atoms with Crippen LogP contribution in [0.1, 0.15) is 61.0 Å². The molecular formula is C68H57N3O. The summed E-state index contributed by atoms with van der Waals surface area (Å²) in [4.78, 5) is 10.7. The SMILES string of the molecule is [2H]C([2H])([2H])c1ccc(C(C)(C)c2cccc(-c3ccnc(-c4cc(-c5cccc6c5nc(-c5cccc(-c7ccccc7)c5O)n6-c5c(-c6ccccc6)cccc5-c5ccccc5)cc(C(C)(C)C)c4)c3)c2)cc1. The van der Waals surface area contributed by atoms with E-state index in [1.54, 1.807) is 12.1 Å². The number of hydrogen-bond donors (Lipinski definition) is 1. The molecule has 1 N–H and O–H groups in total. The standard InChI is InChI=1S/C68H57N3O/c1-45-34-36-53(37-35-45)68(5,6)54-27-16-26-49(41-54)50-38-39-69-61(44-50)52-40-51(42-55(43-52)67(2,3)4)56-28-19-33-62-63(56)70-66(60-32-18-31-59(65(60)72)48-24-14-9-15-25-48)71(62)64-57(46-20-10-7-11-21-46)29-17-30-58(64)47-22-12-8-13-23-47/h7-44,72H,1-6H3/i1D3. The van der Waals surface area contributed by atoms with Crippen LogP contribution in [-0.2, 0) is 10.8 Å². The summed E-state index contributed by atoms with van der Waals surface area (Å²) >= 11 is 0. The second-order valence-electron chi connectivity index (χ2n) is 20.2. The van der Waals surface area contributed by atoms with Gasteiger partial charge in [0.05, 0.1) is 28.0 Å². The highest BCUT2D eigenvalue weighted by atomic mass is 16.3. The van der Waals surface area contributed by atoms with E-state index in [1.165, 1.54) is 0 Å². The van der Waals surface area contributed by atoms with Crippen LogP contribution >= 0.6 is 0 Å². The number of benzene rings is 9. The zero-order chi connectivity index (χ0) is 52.1. The molecule has 4 heteroatoms. The smallest absolute Gasteiger partial charge is 0.149 e. The fraction of sp³-hybridized carbons (Fsp3) is 0.118. The van der Waals surface area contributed by atoms with Gasteiger partial charge in [0.15, 0.2) is 0 Å². The number of hydrogen-bond acceptors (Lipinski definition) is 3. The second kappa shape index (κ2) is 18.6. The molecule has 9 aromatic carbocycles. The van der Waals surface area contributed by atoms with Crippen LogP contribution in [0.2, 0.25) is 0 Å². The molecule has 0 aliphatic rings. The number of pyridine rings is 1. The van der Waals surface area contributed by atoms with Crippen LogP contribution in [0.25, 0.3) is 95.0 Å². The van der Waals surface area contributed by atoms with Crippen LogP contribution in [0.3, 0.4) is 0 Å². The lowest BCUT2D eigenvalue weighted by Crippen LogP contribution is -2.18. The molecule has 0 radical (unpaired) electrons. The van der Waals surface area contributed by atoms with Gasteiger partial charge in [-0.1, -0.05) is 228 Å². The van der Waals surface area contributed by atoms with Crippen molar-refractivity contribution in [3.05, 3.63) is 253 Å². The molecule has 72 heavy (non-hydrogen) atoms. The summed E-state index contributed by atoms with van der Waals surface area (Å²) < 4.78 is 25.9. The maximum absolute atomic E-state index is 12.5. The van der Waals surface area contributed by atoms with Crippen molar-refractivity contribution in [2.45, 2.75) is 52.3 Å². The lowest BCUT2D eigenvalue weighted by molar-refractivity contribution is 0.479. The van der Waals surface area contributed by atoms with E-state index in [2.05, 4.69) is 179 Å². The monoisotopic (exact) mass is 934 g/mol.